The summed E-state index contributed by atoms with van der Waals surface area (Å²) in [6.07, 6.45) is 9.85. The first-order valence-corrected chi connectivity index (χ1v) is 11.2. The fourth-order valence-electron chi connectivity index (χ4n) is 3.12. The summed E-state index contributed by atoms with van der Waals surface area (Å²) in [5.74, 6) is -0.0432. The molecule has 3 aromatic heterocycles. The molecule has 0 atom stereocenters. The van der Waals surface area contributed by atoms with Crippen molar-refractivity contribution in [3.8, 4) is 0 Å². The van der Waals surface area contributed by atoms with Crippen LogP contribution in [-0.2, 0) is 11.3 Å². The van der Waals surface area contributed by atoms with E-state index in [1.165, 1.54) is 5.56 Å². The van der Waals surface area contributed by atoms with Crippen LogP contribution in [0.3, 0.4) is 0 Å². The maximum atomic E-state index is 13.1. The number of aryl methyl sites for hydroxylation is 3. The Bertz CT molecular complexity index is 1090. The highest BCUT2D eigenvalue weighted by Crippen LogP contribution is 2.33. The van der Waals surface area contributed by atoms with E-state index in [-0.39, 0.29) is 18.3 Å². The summed E-state index contributed by atoms with van der Waals surface area (Å²) >= 11 is 3.20. The highest BCUT2D eigenvalue weighted by atomic mass is 35.5. The van der Waals surface area contributed by atoms with Gasteiger partial charge in [0, 0.05) is 36.4 Å². The average molecular weight is 459 g/mol. The first kappa shape index (κ1) is 22.2. The largest absolute Gasteiger partial charge is 0.337 e. The first-order valence-electron chi connectivity index (χ1n) is 9.47. The van der Waals surface area contributed by atoms with Gasteiger partial charge in [0.1, 0.15) is 0 Å². The number of aromatic nitrogens is 3. The Hall–Kier alpha value is -2.48. The second-order valence-corrected chi connectivity index (χ2v) is 8.82. The van der Waals surface area contributed by atoms with Gasteiger partial charge in [-0.3, -0.25) is 9.69 Å². The van der Waals surface area contributed by atoms with Crippen LogP contribution in [0.1, 0.15) is 22.4 Å². The Kier molecular flexibility index (Phi) is 7.42. The molecule has 0 bridgehead atoms. The number of thiazole rings is 1. The number of rotatable bonds is 7. The zero-order valence-electron chi connectivity index (χ0n) is 16.8. The fraction of sp³-hybridized carbons (Fsp3) is 0.227. The summed E-state index contributed by atoms with van der Waals surface area (Å²) in [6.45, 7) is 5.56. The van der Waals surface area contributed by atoms with Crippen molar-refractivity contribution in [3.05, 3.63) is 70.4 Å². The highest BCUT2D eigenvalue weighted by Gasteiger charge is 2.19. The Labute approximate surface area is 190 Å². The smallest absolute Gasteiger partial charge is 0.252 e. The van der Waals surface area contributed by atoms with Crippen molar-refractivity contribution in [2.75, 3.05) is 11.4 Å². The molecule has 8 heteroatoms. The molecule has 1 aromatic carbocycles. The van der Waals surface area contributed by atoms with Crippen LogP contribution >= 0.6 is 35.1 Å². The van der Waals surface area contributed by atoms with Gasteiger partial charge in [-0.1, -0.05) is 29.5 Å². The minimum absolute atomic E-state index is 0. The van der Waals surface area contributed by atoms with Crippen LogP contribution in [0.25, 0.3) is 16.3 Å². The lowest BCUT2D eigenvalue weighted by Crippen LogP contribution is -2.30. The number of thiophene rings is 1. The van der Waals surface area contributed by atoms with Gasteiger partial charge in [0.05, 0.1) is 16.5 Å². The third kappa shape index (κ3) is 4.98. The van der Waals surface area contributed by atoms with Gasteiger partial charge in [-0.15, -0.1) is 23.7 Å². The molecule has 4 aromatic rings. The van der Waals surface area contributed by atoms with Crippen molar-refractivity contribution < 1.29 is 4.79 Å². The van der Waals surface area contributed by atoms with E-state index in [0.717, 1.165) is 38.8 Å². The van der Waals surface area contributed by atoms with Crippen molar-refractivity contribution in [1.82, 2.24) is 14.5 Å². The normalized spacial score (nSPS) is 11.1. The molecule has 0 radical (unpaired) electrons. The van der Waals surface area contributed by atoms with E-state index >= 15 is 0 Å². The van der Waals surface area contributed by atoms with Crippen molar-refractivity contribution in [3.63, 3.8) is 0 Å². The molecule has 3 heterocycles. The number of hydrogen-bond acceptors (Lipinski definition) is 5. The van der Waals surface area contributed by atoms with E-state index < -0.39 is 0 Å². The van der Waals surface area contributed by atoms with Gasteiger partial charge < -0.3 is 4.57 Å². The molecule has 0 unspecified atom stereocenters. The van der Waals surface area contributed by atoms with Crippen LogP contribution in [0.15, 0.2) is 54.4 Å². The number of benzene rings is 1. The molecule has 0 aliphatic heterocycles. The number of anilines is 1. The van der Waals surface area contributed by atoms with Crippen LogP contribution < -0.4 is 4.90 Å². The summed E-state index contributed by atoms with van der Waals surface area (Å²) < 4.78 is 3.17. The van der Waals surface area contributed by atoms with Gasteiger partial charge in [-0.05, 0) is 48.9 Å². The Morgan fingerprint density at radius 2 is 2.07 bits per heavy atom. The van der Waals surface area contributed by atoms with E-state index in [1.54, 1.807) is 46.2 Å². The number of nitrogens with zero attached hydrogens (tertiary/aromatic N) is 4. The van der Waals surface area contributed by atoms with Crippen molar-refractivity contribution in [2.45, 2.75) is 26.8 Å². The second-order valence-electron chi connectivity index (χ2n) is 6.87. The van der Waals surface area contributed by atoms with Gasteiger partial charge in [0.15, 0.2) is 5.13 Å². The van der Waals surface area contributed by atoms with E-state index in [2.05, 4.69) is 31.0 Å². The molecule has 0 spiro atoms. The van der Waals surface area contributed by atoms with Gasteiger partial charge >= 0.3 is 0 Å². The quantitative estimate of drug-likeness (QED) is 0.332. The molecular weight excluding hydrogens is 436 g/mol. The van der Waals surface area contributed by atoms with Crippen molar-refractivity contribution in [1.29, 1.82) is 0 Å². The molecule has 156 valence electrons. The third-order valence-corrected chi connectivity index (χ3v) is 6.77. The predicted molar refractivity (Wildman–Crippen MR) is 129 cm³/mol. The summed E-state index contributed by atoms with van der Waals surface area (Å²) in [6, 6.07) is 8.18. The minimum Gasteiger partial charge on any atom is -0.337 e. The fourth-order valence-corrected chi connectivity index (χ4v) is 4.88. The standard InChI is InChI=1S/C22H22N4OS2.ClH/c1-16-6-7-17(2)21-20(16)24-22(29-21)26(12-4-11-25-13-10-23-15-25)19(27)9-8-18-5-3-14-28-18;/h3,5-10,13-15H,4,11-12H2,1-2H3;1H. The lowest BCUT2D eigenvalue weighted by atomic mass is 10.1. The SMILES string of the molecule is Cc1ccc(C)c2sc(N(CCCn3ccnc3)C(=O)C=Cc3cccs3)nc12.Cl. The molecule has 0 saturated heterocycles. The topological polar surface area (TPSA) is 51.0 Å². The van der Waals surface area contributed by atoms with Crippen molar-refractivity contribution >= 4 is 62.4 Å². The van der Waals surface area contributed by atoms with Crippen LogP contribution in [0.5, 0.6) is 0 Å². The van der Waals surface area contributed by atoms with Gasteiger partial charge in [-0.25, -0.2) is 9.97 Å². The molecule has 5 nitrogen and oxygen atoms in total. The van der Waals surface area contributed by atoms with Crippen LogP contribution in [0, 0.1) is 13.8 Å². The summed E-state index contributed by atoms with van der Waals surface area (Å²) in [7, 11) is 0. The van der Waals surface area contributed by atoms with E-state index in [4.69, 9.17) is 4.98 Å². The Morgan fingerprint density at radius 3 is 2.77 bits per heavy atom. The van der Waals surface area contributed by atoms with Crippen LogP contribution in [0.4, 0.5) is 5.13 Å². The van der Waals surface area contributed by atoms with Gasteiger partial charge in [0.2, 0.25) is 0 Å². The maximum absolute atomic E-state index is 13.1. The molecule has 0 saturated carbocycles. The highest BCUT2D eigenvalue weighted by molar-refractivity contribution is 7.22. The maximum Gasteiger partial charge on any atom is 0.252 e. The summed E-state index contributed by atoms with van der Waals surface area (Å²) in [5.41, 5.74) is 3.31. The van der Waals surface area contributed by atoms with Gasteiger partial charge in [0.25, 0.3) is 5.91 Å². The Balaban J connectivity index is 0.00000256. The minimum atomic E-state index is -0.0432. The molecule has 0 aliphatic rings. The van der Waals surface area contributed by atoms with Crippen LogP contribution in [0.2, 0.25) is 0 Å². The number of carbonyl (C=O) groups excluding carboxylic acids is 1. The molecule has 0 N–H and O–H groups in total. The zero-order chi connectivity index (χ0) is 20.2. The molecular formula is C22H23ClN4OS2. The Morgan fingerprint density at radius 1 is 1.23 bits per heavy atom. The number of imidazole rings is 1. The van der Waals surface area contributed by atoms with Crippen LogP contribution in [-0.4, -0.2) is 27.0 Å². The lowest BCUT2D eigenvalue weighted by molar-refractivity contribution is -0.114. The van der Waals surface area contributed by atoms with Crippen molar-refractivity contribution in [2.24, 2.45) is 0 Å². The number of carbonyl (C=O) groups is 1. The summed E-state index contributed by atoms with van der Waals surface area (Å²) in [4.78, 5) is 24.8. The molecule has 0 aliphatic carbocycles. The second kappa shape index (κ2) is 10.0. The van der Waals surface area contributed by atoms with E-state index in [0.29, 0.717) is 6.54 Å². The zero-order valence-corrected chi connectivity index (χ0v) is 19.3. The average Bonchev–Trinajstić information content (AvgIpc) is 3.47. The number of hydrogen-bond donors (Lipinski definition) is 0. The lowest BCUT2D eigenvalue weighted by Gasteiger charge is -2.18. The number of amides is 1. The van der Waals surface area contributed by atoms with E-state index in [1.807, 2.05) is 34.4 Å². The third-order valence-electron chi connectivity index (χ3n) is 4.72. The number of fused-ring (bicyclic) bond motifs is 1. The predicted octanol–water partition coefficient (Wildman–Crippen LogP) is 5.73. The molecule has 0 fully saturated rings. The number of halogens is 1. The molecule has 1 amide bonds. The molecule has 30 heavy (non-hydrogen) atoms. The van der Waals surface area contributed by atoms with Gasteiger partial charge in [-0.2, -0.15) is 0 Å². The molecule has 4 rings (SSSR count). The summed E-state index contributed by atoms with van der Waals surface area (Å²) in [5, 5.41) is 2.76. The van der Waals surface area contributed by atoms with E-state index in [9.17, 15) is 4.79 Å². The first-order chi connectivity index (χ1) is 14.1. The monoisotopic (exact) mass is 458 g/mol.